The molecule has 1 atom stereocenters. The fraction of sp³-hybridized carbons (Fsp3) is 0.381. The molecule has 0 aromatic heterocycles. The highest BCUT2D eigenvalue weighted by atomic mass is 16.1. The Morgan fingerprint density at radius 3 is 1.83 bits per heavy atom. The minimum Gasteiger partial charge on any atom is -0.355 e. The SMILES string of the molecule is CC(=O)NCC(CC(C)N(C)C)(c1ccccc1)c1ccccc1. The van der Waals surface area contributed by atoms with Crippen LogP contribution in [0.2, 0.25) is 0 Å². The normalized spacial score (nSPS) is 12.9. The van der Waals surface area contributed by atoms with E-state index in [2.05, 4.69) is 79.8 Å². The first-order chi connectivity index (χ1) is 11.5. The molecule has 128 valence electrons. The van der Waals surface area contributed by atoms with Gasteiger partial charge in [-0.15, -0.1) is 0 Å². The first-order valence-corrected chi connectivity index (χ1v) is 8.47. The maximum atomic E-state index is 11.7. The molecule has 2 aromatic rings. The lowest BCUT2D eigenvalue weighted by atomic mass is 9.70. The van der Waals surface area contributed by atoms with Gasteiger partial charge in [-0.3, -0.25) is 4.79 Å². The van der Waals surface area contributed by atoms with Gasteiger partial charge in [0.05, 0.1) is 0 Å². The van der Waals surface area contributed by atoms with E-state index in [9.17, 15) is 4.79 Å². The summed E-state index contributed by atoms with van der Waals surface area (Å²) in [6, 6.07) is 21.4. The maximum Gasteiger partial charge on any atom is 0.216 e. The van der Waals surface area contributed by atoms with Crippen LogP contribution in [0.25, 0.3) is 0 Å². The average molecular weight is 324 g/mol. The van der Waals surface area contributed by atoms with Crippen LogP contribution >= 0.6 is 0 Å². The van der Waals surface area contributed by atoms with Crippen molar-refractivity contribution in [1.29, 1.82) is 0 Å². The molecule has 0 aliphatic heterocycles. The number of carbonyl (C=O) groups excluding carboxylic acids is 1. The Morgan fingerprint density at radius 2 is 1.46 bits per heavy atom. The molecule has 0 spiro atoms. The van der Waals surface area contributed by atoms with Gasteiger partial charge in [0.15, 0.2) is 0 Å². The van der Waals surface area contributed by atoms with Gasteiger partial charge in [-0.05, 0) is 38.6 Å². The Bertz CT molecular complexity index is 598. The van der Waals surface area contributed by atoms with Gasteiger partial charge in [0, 0.05) is 24.9 Å². The minimum atomic E-state index is -0.252. The number of hydrogen-bond acceptors (Lipinski definition) is 2. The molecule has 0 radical (unpaired) electrons. The van der Waals surface area contributed by atoms with E-state index >= 15 is 0 Å². The number of rotatable bonds is 7. The number of nitrogens with zero attached hydrogens (tertiary/aromatic N) is 1. The molecule has 3 heteroatoms. The predicted molar refractivity (Wildman–Crippen MR) is 100 cm³/mol. The van der Waals surface area contributed by atoms with E-state index in [1.54, 1.807) is 6.92 Å². The lowest BCUT2D eigenvalue weighted by molar-refractivity contribution is -0.119. The van der Waals surface area contributed by atoms with Crippen molar-refractivity contribution in [3.8, 4) is 0 Å². The summed E-state index contributed by atoms with van der Waals surface area (Å²) >= 11 is 0. The third-order valence-electron chi connectivity index (χ3n) is 4.82. The highest BCUT2D eigenvalue weighted by molar-refractivity contribution is 5.73. The summed E-state index contributed by atoms with van der Waals surface area (Å²) in [5.74, 6) is 0.00347. The van der Waals surface area contributed by atoms with Crippen molar-refractivity contribution < 1.29 is 4.79 Å². The molecule has 0 heterocycles. The van der Waals surface area contributed by atoms with Crippen LogP contribution in [0.3, 0.4) is 0 Å². The summed E-state index contributed by atoms with van der Waals surface area (Å²) in [6.07, 6.45) is 0.925. The molecule has 0 aliphatic carbocycles. The zero-order valence-electron chi connectivity index (χ0n) is 15.1. The van der Waals surface area contributed by atoms with Crippen LogP contribution in [-0.2, 0) is 10.2 Å². The van der Waals surface area contributed by atoms with Crippen molar-refractivity contribution in [2.45, 2.75) is 31.7 Å². The Morgan fingerprint density at radius 1 is 1.00 bits per heavy atom. The minimum absolute atomic E-state index is 0.00347. The molecule has 1 N–H and O–H groups in total. The summed E-state index contributed by atoms with van der Waals surface area (Å²) in [5, 5.41) is 3.07. The molecular weight excluding hydrogens is 296 g/mol. The van der Waals surface area contributed by atoms with Crippen LogP contribution in [0.4, 0.5) is 0 Å². The topological polar surface area (TPSA) is 32.3 Å². The predicted octanol–water partition coefficient (Wildman–Crippen LogP) is 3.45. The van der Waals surface area contributed by atoms with E-state index in [1.165, 1.54) is 11.1 Å². The number of benzene rings is 2. The monoisotopic (exact) mass is 324 g/mol. The van der Waals surface area contributed by atoms with Crippen LogP contribution in [-0.4, -0.2) is 37.5 Å². The van der Waals surface area contributed by atoms with Crippen LogP contribution in [0, 0.1) is 0 Å². The fourth-order valence-corrected chi connectivity index (χ4v) is 3.16. The number of nitrogens with one attached hydrogen (secondary N) is 1. The van der Waals surface area contributed by atoms with Crippen LogP contribution < -0.4 is 5.32 Å². The molecule has 0 saturated heterocycles. The van der Waals surface area contributed by atoms with E-state index in [0.717, 1.165) is 6.42 Å². The summed E-state index contributed by atoms with van der Waals surface area (Å²) < 4.78 is 0. The lowest BCUT2D eigenvalue weighted by Gasteiger charge is -2.39. The molecule has 2 rings (SSSR count). The highest BCUT2D eigenvalue weighted by Gasteiger charge is 2.36. The molecule has 0 saturated carbocycles. The molecule has 3 nitrogen and oxygen atoms in total. The second kappa shape index (κ2) is 8.11. The molecule has 1 unspecified atom stereocenters. The van der Waals surface area contributed by atoms with E-state index < -0.39 is 0 Å². The van der Waals surface area contributed by atoms with E-state index in [0.29, 0.717) is 12.6 Å². The molecule has 0 aliphatic rings. The fourth-order valence-electron chi connectivity index (χ4n) is 3.16. The Balaban J connectivity index is 2.56. The van der Waals surface area contributed by atoms with Crippen molar-refractivity contribution in [2.75, 3.05) is 20.6 Å². The third kappa shape index (κ3) is 4.24. The molecule has 0 fully saturated rings. The van der Waals surface area contributed by atoms with E-state index in [-0.39, 0.29) is 11.3 Å². The van der Waals surface area contributed by atoms with Gasteiger partial charge in [-0.1, -0.05) is 60.7 Å². The number of carbonyl (C=O) groups is 1. The maximum absolute atomic E-state index is 11.7. The van der Waals surface area contributed by atoms with E-state index in [1.807, 2.05) is 12.1 Å². The van der Waals surface area contributed by atoms with Crippen molar-refractivity contribution >= 4 is 5.91 Å². The van der Waals surface area contributed by atoms with E-state index in [4.69, 9.17) is 0 Å². The van der Waals surface area contributed by atoms with Crippen LogP contribution in [0.5, 0.6) is 0 Å². The zero-order chi connectivity index (χ0) is 17.6. The Labute approximate surface area is 145 Å². The Hall–Kier alpha value is -2.13. The van der Waals surface area contributed by atoms with Gasteiger partial charge in [0.25, 0.3) is 0 Å². The first kappa shape index (κ1) is 18.2. The van der Waals surface area contributed by atoms with Gasteiger partial charge < -0.3 is 10.2 Å². The van der Waals surface area contributed by atoms with Crippen molar-refractivity contribution in [3.63, 3.8) is 0 Å². The van der Waals surface area contributed by atoms with Gasteiger partial charge in [0.1, 0.15) is 0 Å². The van der Waals surface area contributed by atoms with Crippen LogP contribution in [0.1, 0.15) is 31.4 Å². The van der Waals surface area contributed by atoms with Gasteiger partial charge in [-0.25, -0.2) is 0 Å². The molecule has 2 aromatic carbocycles. The Kier molecular flexibility index (Phi) is 6.16. The lowest BCUT2D eigenvalue weighted by Crippen LogP contribution is -2.45. The third-order valence-corrected chi connectivity index (χ3v) is 4.82. The molecule has 0 bridgehead atoms. The number of amides is 1. The largest absolute Gasteiger partial charge is 0.355 e. The summed E-state index contributed by atoms with van der Waals surface area (Å²) in [6.45, 7) is 4.40. The number of hydrogen-bond donors (Lipinski definition) is 1. The van der Waals surface area contributed by atoms with Gasteiger partial charge in [-0.2, -0.15) is 0 Å². The standard InChI is InChI=1S/C21H28N2O/c1-17(23(3)4)15-21(16-22-18(2)24,19-11-7-5-8-12-19)20-13-9-6-10-14-20/h5-14,17H,15-16H2,1-4H3,(H,22,24). The first-order valence-electron chi connectivity index (χ1n) is 8.47. The van der Waals surface area contributed by atoms with Crippen molar-refractivity contribution in [2.24, 2.45) is 0 Å². The second-order valence-corrected chi connectivity index (χ2v) is 6.74. The average Bonchev–Trinajstić information content (AvgIpc) is 2.59. The zero-order valence-corrected chi connectivity index (χ0v) is 15.1. The summed E-state index contributed by atoms with van der Waals surface area (Å²) in [4.78, 5) is 13.9. The van der Waals surface area contributed by atoms with Crippen molar-refractivity contribution in [1.82, 2.24) is 10.2 Å². The summed E-state index contributed by atoms with van der Waals surface area (Å²) in [5.41, 5.74) is 2.22. The summed E-state index contributed by atoms with van der Waals surface area (Å²) in [7, 11) is 4.20. The molecule has 1 amide bonds. The second-order valence-electron chi connectivity index (χ2n) is 6.74. The quantitative estimate of drug-likeness (QED) is 0.846. The van der Waals surface area contributed by atoms with Gasteiger partial charge >= 0.3 is 0 Å². The molecular formula is C21H28N2O. The smallest absolute Gasteiger partial charge is 0.216 e. The van der Waals surface area contributed by atoms with Crippen molar-refractivity contribution in [3.05, 3.63) is 71.8 Å². The van der Waals surface area contributed by atoms with Gasteiger partial charge in [0.2, 0.25) is 5.91 Å². The highest BCUT2D eigenvalue weighted by Crippen LogP contribution is 2.37. The van der Waals surface area contributed by atoms with Crippen LogP contribution in [0.15, 0.2) is 60.7 Å². The molecule has 24 heavy (non-hydrogen) atoms.